The van der Waals surface area contributed by atoms with Gasteiger partial charge < -0.3 is 10.1 Å². The highest BCUT2D eigenvalue weighted by Crippen LogP contribution is 2.28. The van der Waals surface area contributed by atoms with Crippen LogP contribution in [-0.2, 0) is 9.53 Å². The topological polar surface area (TPSA) is 38.3 Å². The van der Waals surface area contributed by atoms with E-state index in [1.54, 1.807) is 7.11 Å². The Morgan fingerprint density at radius 2 is 1.75 bits per heavy atom. The summed E-state index contributed by atoms with van der Waals surface area (Å²) in [6.45, 7) is 1.97. The molecule has 1 atom stereocenters. The molecule has 0 aliphatic carbocycles. The minimum Gasteiger partial charge on any atom is -0.382 e. The minimum absolute atomic E-state index is 0.0603. The summed E-state index contributed by atoms with van der Waals surface area (Å²) in [7, 11) is 1.64. The first-order chi connectivity index (χ1) is 9.72. The van der Waals surface area contributed by atoms with Crippen LogP contribution in [0.3, 0.4) is 0 Å². The predicted molar refractivity (Wildman–Crippen MR) is 80.3 cm³/mol. The van der Waals surface area contributed by atoms with Crippen molar-refractivity contribution < 1.29 is 9.53 Å². The van der Waals surface area contributed by atoms with E-state index in [1.165, 1.54) is 6.92 Å². The molecule has 1 amide bonds. The molecule has 0 saturated heterocycles. The predicted octanol–water partition coefficient (Wildman–Crippen LogP) is 3.18. The second-order valence-corrected chi connectivity index (χ2v) is 4.66. The van der Waals surface area contributed by atoms with E-state index in [0.717, 1.165) is 16.7 Å². The lowest BCUT2D eigenvalue weighted by Crippen LogP contribution is -2.29. The summed E-state index contributed by atoms with van der Waals surface area (Å²) in [5.41, 5.74) is 3.31. The van der Waals surface area contributed by atoms with E-state index in [4.69, 9.17) is 4.74 Å². The summed E-state index contributed by atoms with van der Waals surface area (Å²) in [6.07, 6.45) is 0. The molecule has 2 aromatic rings. The molecule has 3 nitrogen and oxygen atoms in total. The van der Waals surface area contributed by atoms with Gasteiger partial charge in [-0.05, 0) is 16.7 Å². The number of amides is 1. The van der Waals surface area contributed by atoms with Gasteiger partial charge in [-0.15, -0.1) is 0 Å². The molecule has 0 spiro atoms. The summed E-state index contributed by atoms with van der Waals surface area (Å²) in [5.74, 6) is -0.0603. The third kappa shape index (κ3) is 3.45. The molecular formula is C17H19NO2. The zero-order valence-corrected chi connectivity index (χ0v) is 11.8. The number of methoxy groups -OCH3 is 1. The van der Waals surface area contributed by atoms with Crippen LogP contribution < -0.4 is 5.32 Å². The van der Waals surface area contributed by atoms with Gasteiger partial charge in [0.2, 0.25) is 5.91 Å². The second-order valence-electron chi connectivity index (χ2n) is 4.66. The van der Waals surface area contributed by atoms with Crippen LogP contribution in [0.2, 0.25) is 0 Å². The number of benzene rings is 2. The molecule has 1 N–H and O–H groups in total. The highest BCUT2D eigenvalue weighted by molar-refractivity contribution is 5.75. The largest absolute Gasteiger partial charge is 0.382 e. The number of hydrogen-bond acceptors (Lipinski definition) is 2. The normalized spacial score (nSPS) is 11.9. The van der Waals surface area contributed by atoms with E-state index in [-0.39, 0.29) is 11.9 Å². The van der Waals surface area contributed by atoms with Gasteiger partial charge in [0.1, 0.15) is 0 Å². The fourth-order valence-corrected chi connectivity index (χ4v) is 2.30. The molecule has 0 aliphatic heterocycles. The highest BCUT2D eigenvalue weighted by atomic mass is 16.5. The number of rotatable bonds is 5. The van der Waals surface area contributed by atoms with Crippen molar-refractivity contribution in [1.29, 1.82) is 0 Å². The minimum atomic E-state index is -0.145. The monoisotopic (exact) mass is 269 g/mol. The van der Waals surface area contributed by atoms with Crippen molar-refractivity contribution in [1.82, 2.24) is 5.32 Å². The Balaban J connectivity index is 2.42. The van der Waals surface area contributed by atoms with Crippen molar-refractivity contribution in [3.05, 3.63) is 60.2 Å². The number of nitrogens with one attached hydrogen (secondary N) is 1. The third-order valence-corrected chi connectivity index (χ3v) is 3.13. The summed E-state index contributed by atoms with van der Waals surface area (Å²) < 4.78 is 5.24. The van der Waals surface area contributed by atoms with Gasteiger partial charge in [-0.3, -0.25) is 4.79 Å². The first-order valence-corrected chi connectivity index (χ1v) is 6.62. The zero-order valence-electron chi connectivity index (χ0n) is 11.8. The molecule has 0 saturated carbocycles. The molecular weight excluding hydrogens is 250 g/mol. The Morgan fingerprint density at radius 1 is 1.10 bits per heavy atom. The van der Waals surface area contributed by atoms with Crippen LogP contribution in [0.1, 0.15) is 18.5 Å². The fourth-order valence-electron chi connectivity index (χ4n) is 2.30. The molecule has 2 aromatic carbocycles. The van der Waals surface area contributed by atoms with Crippen molar-refractivity contribution in [3.63, 3.8) is 0 Å². The maximum Gasteiger partial charge on any atom is 0.217 e. The van der Waals surface area contributed by atoms with E-state index in [2.05, 4.69) is 23.5 Å². The zero-order chi connectivity index (χ0) is 14.4. The highest BCUT2D eigenvalue weighted by Gasteiger charge is 2.16. The maximum absolute atomic E-state index is 11.4. The van der Waals surface area contributed by atoms with Gasteiger partial charge in [0.15, 0.2) is 0 Å². The van der Waals surface area contributed by atoms with Gasteiger partial charge in [0, 0.05) is 14.0 Å². The molecule has 3 heteroatoms. The van der Waals surface area contributed by atoms with E-state index in [0.29, 0.717) is 6.61 Å². The Bertz CT molecular complexity index is 566. The summed E-state index contributed by atoms with van der Waals surface area (Å²) in [4.78, 5) is 11.4. The van der Waals surface area contributed by atoms with E-state index in [1.807, 2.05) is 36.4 Å². The van der Waals surface area contributed by atoms with E-state index < -0.39 is 0 Å². The van der Waals surface area contributed by atoms with Gasteiger partial charge in [0.05, 0.1) is 12.6 Å². The summed E-state index contributed by atoms with van der Waals surface area (Å²) in [5, 5.41) is 2.94. The standard InChI is InChI=1S/C17H19NO2/c1-13(19)18-17(12-20-2)16-11-7-6-10-15(16)14-8-4-3-5-9-14/h3-11,17H,12H2,1-2H3,(H,18,19). The van der Waals surface area contributed by atoms with E-state index in [9.17, 15) is 4.79 Å². The van der Waals surface area contributed by atoms with Crippen molar-refractivity contribution >= 4 is 5.91 Å². The number of hydrogen-bond donors (Lipinski definition) is 1. The molecule has 20 heavy (non-hydrogen) atoms. The lowest BCUT2D eigenvalue weighted by molar-refractivity contribution is -0.120. The smallest absolute Gasteiger partial charge is 0.217 e. The van der Waals surface area contributed by atoms with Gasteiger partial charge >= 0.3 is 0 Å². The van der Waals surface area contributed by atoms with Crippen LogP contribution in [0.15, 0.2) is 54.6 Å². The summed E-state index contributed by atoms with van der Waals surface area (Å²) in [6, 6.07) is 18.1. The lowest BCUT2D eigenvalue weighted by atomic mass is 9.95. The molecule has 0 fully saturated rings. The molecule has 104 valence electrons. The first-order valence-electron chi connectivity index (χ1n) is 6.62. The van der Waals surface area contributed by atoms with Crippen LogP contribution in [0.25, 0.3) is 11.1 Å². The molecule has 2 rings (SSSR count). The average Bonchev–Trinajstić information content (AvgIpc) is 2.47. The van der Waals surface area contributed by atoms with Gasteiger partial charge in [-0.2, -0.15) is 0 Å². The SMILES string of the molecule is COCC(NC(C)=O)c1ccccc1-c1ccccc1. The van der Waals surface area contributed by atoms with Crippen molar-refractivity contribution in [2.45, 2.75) is 13.0 Å². The van der Waals surface area contributed by atoms with Crippen LogP contribution in [0.4, 0.5) is 0 Å². The quantitative estimate of drug-likeness (QED) is 0.905. The molecule has 0 aromatic heterocycles. The Labute approximate surface area is 119 Å². The Hall–Kier alpha value is -2.13. The van der Waals surface area contributed by atoms with E-state index >= 15 is 0 Å². The lowest BCUT2D eigenvalue weighted by Gasteiger charge is -2.20. The van der Waals surface area contributed by atoms with Crippen LogP contribution in [-0.4, -0.2) is 19.6 Å². The molecule has 0 aliphatic rings. The molecule has 0 heterocycles. The third-order valence-electron chi connectivity index (χ3n) is 3.13. The van der Waals surface area contributed by atoms with Crippen molar-refractivity contribution in [3.8, 4) is 11.1 Å². The number of carbonyl (C=O) groups excluding carboxylic acids is 1. The number of ether oxygens (including phenoxy) is 1. The Kier molecular flexibility index (Phi) is 4.91. The molecule has 0 bridgehead atoms. The second kappa shape index (κ2) is 6.87. The van der Waals surface area contributed by atoms with Gasteiger partial charge in [0.25, 0.3) is 0 Å². The van der Waals surface area contributed by atoms with Gasteiger partial charge in [-0.1, -0.05) is 54.6 Å². The number of carbonyl (C=O) groups is 1. The first kappa shape index (κ1) is 14.3. The molecule has 0 radical (unpaired) electrons. The van der Waals surface area contributed by atoms with Crippen molar-refractivity contribution in [2.75, 3.05) is 13.7 Å². The Morgan fingerprint density at radius 3 is 2.40 bits per heavy atom. The summed E-state index contributed by atoms with van der Waals surface area (Å²) >= 11 is 0. The molecule has 1 unspecified atom stereocenters. The average molecular weight is 269 g/mol. The van der Waals surface area contributed by atoms with Crippen LogP contribution >= 0.6 is 0 Å². The fraction of sp³-hybridized carbons (Fsp3) is 0.235. The van der Waals surface area contributed by atoms with Crippen molar-refractivity contribution in [2.24, 2.45) is 0 Å². The van der Waals surface area contributed by atoms with Gasteiger partial charge in [-0.25, -0.2) is 0 Å². The maximum atomic E-state index is 11.4. The van der Waals surface area contributed by atoms with Crippen LogP contribution in [0.5, 0.6) is 0 Å². The van der Waals surface area contributed by atoms with Crippen LogP contribution in [0, 0.1) is 0 Å².